The Hall–Kier alpha value is -2.70. The van der Waals surface area contributed by atoms with Crippen molar-refractivity contribution in [2.75, 3.05) is 24.6 Å². The van der Waals surface area contributed by atoms with Crippen molar-refractivity contribution in [2.24, 2.45) is 5.73 Å². The average Bonchev–Trinajstić information content (AvgIpc) is 2.77. The highest BCUT2D eigenvalue weighted by Gasteiger charge is 2.26. The quantitative estimate of drug-likeness (QED) is 0.688. The molecule has 2 aromatic carbocycles. The molecule has 3 rings (SSSR count). The van der Waals surface area contributed by atoms with Crippen LogP contribution in [0.25, 0.3) is 11.1 Å². The average molecular weight is 438 g/mol. The summed E-state index contributed by atoms with van der Waals surface area (Å²) < 4.78 is 5.86. The Balaban J connectivity index is 1.70. The highest BCUT2D eigenvalue weighted by molar-refractivity contribution is 5.95. The van der Waals surface area contributed by atoms with E-state index in [2.05, 4.69) is 11.4 Å². The van der Waals surface area contributed by atoms with Gasteiger partial charge in [-0.25, -0.2) is 0 Å². The normalized spacial score (nSPS) is 14.1. The predicted molar refractivity (Wildman–Crippen MR) is 129 cm³/mol. The van der Waals surface area contributed by atoms with Crippen LogP contribution in [0.2, 0.25) is 0 Å². The lowest BCUT2D eigenvalue weighted by Crippen LogP contribution is -2.49. The first-order chi connectivity index (χ1) is 15.0. The van der Waals surface area contributed by atoms with Crippen LogP contribution >= 0.6 is 0 Å². The van der Waals surface area contributed by atoms with Gasteiger partial charge in [-0.3, -0.25) is 9.59 Å². The smallest absolute Gasteiger partial charge is 0.251 e. The van der Waals surface area contributed by atoms with Gasteiger partial charge in [0.2, 0.25) is 5.91 Å². The molecule has 0 atom stereocenters. The van der Waals surface area contributed by atoms with Crippen LogP contribution in [-0.4, -0.2) is 42.7 Å². The van der Waals surface area contributed by atoms with Gasteiger partial charge in [-0.1, -0.05) is 18.2 Å². The van der Waals surface area contributed by atoms with Crippen molar-refractivity contribution in [3.8, 4) is 11.1 Å². The Kier molecular flexibility index (Phi) is 7.06. The van der Waals surface area contributed by atoms with Gasteiger partial charge in [0.15, 0.2) is 0 Å². The second kappa shape index (κ2) is 9.43. The molecule has 0 aromatic heterocycles. The third-order valence-corrected chi connectivity index (χ3v) is 5.83. The Labute approximate surface area is 191 Å². The molecule has 0 radical (unpaired) electrons. The number of hydrogen-bond donors (Lipinski definition) is 2. The van der Waals surface area contributed by atoms with E-state index >= 15 is 0 Å². The van der Waals surface area contributed by atoms with Crippen molar-refractivity contribution in [3.05, 3.63) is 53.6 Å². The van der Waals surface area contributed by atoms with E-state index < -0.39 is 11.1 Å². The van der Waals surface area contributed by atoms with E-state index in [1.54, 1.807) is 6.92 Å². The summed E-state index contributed by atoms with van der Waals surface area (Å²) >= 11 is 0. The van der Waals surface area contributed by atoms with Crippen LogP contribution in [0.1, 0.15) is 57.0 Å². The lowest BCUT2D eigenvalue weighted by atomic mass is 9.95. The van der Waals surface area contributed by atoms with Gasteiger partial charge in [-0.15, -0.1) is 0 Å². The van der Waals surface area contributed by atoms with Gasteiger partial charge in [0.1, 0.15) is 0 Å². The van der Waals surface area contributed by atoms with E-state index in [0.717, 1.165) is 36.2 Å². The topological polar surface area (TPSA) is 84.7 Å². The fourth-order valence-electron chi connectivity index (χ4n) is 3.77. The fraction of sp³-hybridized carbons (Fsp3) is 0.462. The molecular formula is C26H35N3O3. The molecule has 2 aromatic rings. The molecule has 0 saturated carbocycles. The molecule has 1 aliphatic heterocycles. The van der Waals surface area contributed by atoms with Crippen molar-refractivity contribution in [2.45, 2.75) is 58.6 Å². The summed E-state index contributed by atoms with van der Waals surface area (Å²) in [7, 11) is 0. The maximum absolute atomic E-state index is 12.8. The number of anilines is 1. The number of carbonyl (C=O) groups is 2. The van der Waals surface area contributed by atoms with Crippen molar-refractivity contribution in [3.63, 3.8) is 0 Å². The van der Waals surface area contributed by atoms with Crippen LogP contribution in [0.5, 0.6) is 0 Å². The second-order valence-corrected chi connectivity index (χ2v) is 9.79. The third kappa shape index (κ3) is 5.75. The van der Waals surface area contributed by atoms with Gasteiger partial charge in [-0.05, 0) is 81.5 Å². The first-order valence-corrected chi connectivity index (χ1v) is 11.2. The number of ether oxygens (including phenoxy) is 1. The molecule has 0 saturated heterocycles. The molecule has 0 unspecified atom stereocenters. The van der Waals surface area contributed by atoms with Crippen molar-refractivity contribution in [1.29, 1.82) is 0 Å². The minimum Gasteiger partial charge on any atom is -0.372 e. The number of rotatable bonds is 7. The van der Waals surface area contributed by atoms with Gasteiger partial charge in [-0.2, -0.15) is 0 Å². The number of carbonyl (C=O) groups excluding carboxylic acids is 2. The van der Waals surface area contributed by atoms with Gasteiger partial charge in [0.25, 0.3) is 5.91 Å². The number of hydrogen-bond acceptors (Lipinski definition) is 4. The first kappa shape index (κ1) is 24.0. The molecule has 0 fully saturated rings. The van der Waals surface area contributed by atoms with Crippen LogP contribution in [0.3, 0.4) is 0 Å². The zero-order valence-corrected chi connectivity index (χ0v) is 19.8. The number of nitrogens with two attached hydrogens (primary N) is 1. The minimum atomic E-state index is -0.525. The minimum absolute atomic E-state index is 0.0778. The molecule has 0 bridgehead atoms. The summed E-state index contributed by atoms with van der Waals surface area (Å²) in [6.07, 6.45) is 1.93. The van der Waals surface area contributed by atoms with E-state index in [9.17, 15) is 9.59 Å². The van der Waals surface area contributed by atoms with Crippen LogP contribution in [-0.2, 0) is 16.0 Å². The monoisotopic (exact) mass is 437 g/mol. The molecular weight excluding hydrogens is 402 g/mol. The van der Waals surface area contributed by atoms with Crippen molar-refractivity contribution < 1.29 is 14.3 Å². The van der Waals surface area contributed by atoms with Gasteiger partial charge in [0, 0.05) is 31.3 Å². The summed E-state index contributed by atoms with van der Waals surface area (Å²) in [6.45, 7) is 10.9. The molecule has 32 heavy (non-hydrogen) atoms. The summed E-state index contributed by atoms with van der Waals surface area (Å²) in [5.74, 6) is -0.0628. The zero-order valence-electron chi connectivity index (χ0n) is 19.8. The molecule has 1 aliphatic rings. The summed E-state index contributed by atoms with van der Waals surface area (Å²) in [5, 5.41) is 3.04. The van der Waals surface area contributed by atoms with Gasteiger partial charge >= 0.3 is 0 Å². The molecule has 6 nitrogen and oxygen atoms in total. The number of nitrogens with zero attached hydrogens (tertiary/aromatic N) is 1. The van der Waals surface area contributed by atoms with Crippen LogP contribution in [0.15, 0.2) is 42.5 Å². The Morgan fingerprint density at radius 1 is 1.06 bits per heavy atom. The molecule has 3 N–H and O–H groups in total. The van der Waals surface area contributed by atoms with Crippen molar-refractivity contribution in [1.82, 2.24) is 5.32 Å². The SMILES string of the molecule is CC(=O)N1CCCc2cc(-c3ccc(C(=O)NC(C)(C)COC(C)(C)CN)cc3)ccc21. The van der Waals surface area contributed by atoms with E-state index in [1.807, 2.05) is 69.0 Å². The molecule has 2 amide bonds. The second-order valence-electron chi connectivity index (χ2n) is 9.79. The molecule has 172 valence electrons. The molecule has 0 aliphatic carbocycles. The Morgan fingerprint density at radius 3 is 2.34 bits per heavy atom. The number of benzene rings is 2. The Morgan fingerprint density at radius 2 is 1.72 bits per heavy atom. The standard InChI is InChI=1S/C26H35N3O3/c1-18(30)29-14-6-7-22-15-21(12-13-23(22)29)19-8-10-20(11-9-19)24(31)28-25(2,3)17-32-26(4,5)16-27/h8-13,15H,6-7,14,16-17,27H2,1-5H3,(H,28,31). The highest BCUT2D eigenvalue weighted by Crippen LogP contribution is 2.32. The number of aryl methyl sites for hydroxylation is 1. The van der Waals surface area contributed by atoms with E-state index in [-0.39, 0.29) is 11.8 Å². The lowest BCUT2D eigenvalue weighted by molar-refractivity contribution is -0.116. The summed E-state index contributed by atoms with van der Waals surface area (Å²) in [6, 6.07) is 13.8. The van der Waals surface area contributed by atoms with Crippen molar-refractivity contribution >= 4 is 17.5 Å². The van der Waals surface area contributed by atoms with Crippen LogP contribution < -0.4 is 16.0 Å². The Bertz CT molecular complexity index is 980. The summed E-state index contributed by atoms with van der Waals surface area (Å²) in [4.78, 5) is 26.5. The highest BCUT2D eigenvalue weighted by atomic mass is 16.5. The number of nitrogens with one attached hydrogen (secondary N) is 1. The number of amides is 2. The van der Waals surface area contributed by atoms with Gasteiger partial charge in [0.05, 0.1) is 17.7 Å². The lowest BCUT2D eigenvalue weighted by Gasteiger charge is -2.32. The van der Waals surface area contributed by atoms with E-state index in [1.165, 1.54) is 5.56 Å². The maximum Gasteiger partial charge on any atom is 0.251 e. The molecule has 6 heteroatoms. The maximum atomic E-state index is 12.8. The molecule has 0 spiro atoms. The van der Waals surface area contributed by atoms with E-state index in [0.29, 0.717) is 18.7 Å². The molecule has 1 heterocycles. The zero-order chi connectivity index (χ0) is 23.5. The first-order valence-electron chi connectivity index (χ1n) is 11.2. The fourth-order valence-corrected chi connectivity index (χ4v) is 3.77. The van der Waals surface area contributed by atoms with Crippen LogP contribution in [0.4, 0.5) is 5.69 Å². The predicted octanol–water partition coefficient (Wildman–Crippen LogP) is 3.92. The van der Waals surface area contributed by atoms with Crippen LogP contribution in [0, 0.1) is 0 Å². The third-order valence-electron chi connectivity index (χ3n) is 5.83. The summed E-state index contributed by atoms with van der Waals surface area (Å²) in [5.41, 5.74) is 9.67. The van der Waals surface area contributed by atoms with E-state index in [4.69, 9.17) is 10.5 Å². The van der Waals surface area contributed by atoms with Gasteiger partial charge < -0.3 is 20.7 Å². The largest absolute Gasteiger partial charge is 0.372 e. The number of fused-ring (bicyclic) bond motifs is 1.